The molecule has 21 rings (SSSR count). The fourth-order valence-electron chi connectivity index (χ4n) is 17.6. The van der Waals surface area contributed by atoms with Crippen molar-refractivity contribution < 1.29 is 8.83 Å². The molecule has 0 unspecified atom stereocenters. The summed E-state index contributed by atoms with van der Waals surface area (Å²) in [5.74, 6) is 0. The molecule has 0 radical (unpaired) electrons. The van der Waals surface area contributed by atoms with Gasteiger partial charge in [0.2, 0.25) is 0 Å². The number of hydrogen-bond donors (Lipinski definition) is 0. The zero-order valence-electron chi connectivity index (χ0n) is 50.9. The van der Waals surface area contributed by atoms with Gasteiger partial charge in [-0.2, -0.15) is 0 Å². The number of benzene rings is 14. The van der Waals surface area contributed by atoms with Gasteiger partial charge in [0, 0.05) is 67.3 Å². The highest BCUT2D eigenvalue weighted by Gasteiger charge is 2.53. The van der Waals surface area contributed by atoms with Gasteiger partial charge >= 0.3 is 0 Å². The van der Waals surface area contributed by atoms with Crippen LogP contribution in [0.15, 0.2) is 331 Å². The van der Waals surface area contributed by atoms with Crippen LogP contribution < -0.4 is 0 Å². The van der Waals surface area contributed by atoms with Crippen molar-refractivity contribution in [3.8, 4) is 111 Å². The van der Waals surface area contributed by atoms with Crippen LogP contribution in [0.2, 0.25) is 0 Å². The lowest BCUT2D eigenvalue weighted by atomic mass is 9.70. The maximum atomic E-state index is 7.18. The molecule has 0 fully saturated rings. The fraction of sp³-hybridized carbons (Fsp3) is 0.0220. The smallest absolute Gasteiger partial charge is 0.143 e. The summed E-state index contributed by atoms with van der Waals surface area (Å²) in [5.41, 5.74) is 36.6. The van der Waals surface area contributed by atoms with E-state index in [1.165, 1.54) is 89.0 Å². The van der Waals surface area contributed by atoms with E-state index in [0.29, 0.717) is 0 Å². The highest BCUT2D eigenvalue weighted by Crippen LogP contribution is 2.65. The normalized spacial score (nSPS) is 13.7. The molecule has 3 aromatic heterocycles. The van der Waals surface area contributed by atoms with Crippen LogP contribution in [0.3, 0.4) is 0 Å². The first-order chi connectivity index (χ1) is 46.6. The molecule has 4 aliphatic carbocycles. The molecule has 14 aromatic carbocycles. The van der Waals surface area contributed by atoms with Gasteiger partial charge in [0.05, 0.1) is 10.8 Å². The Morgan fingerprint density at radius 2 is 0.426 bits per heavy atom. The van der Waals surface area contributed by atoms with Crippen molar-refractivity contribution in [1.29, 1.82) is 0 Å². The van der Waals surface area contributed by atoms with E-state index in [-0.39, 0.29) is 0 Å². The minimum Gasteiger partial charge on any atom is -0.455 e. The van der Waals surface area contributed by atoms with Crippen LogP contribution in [0.5, 0.6) is 0 Å². The summed E-state index contributed by atoms with van der Waals surface area (Å²) in [6.07, 6.45) is 3.94. The molecule has 94 heavy (non-hydrogen) atoms. The molecule has 17 aromatic rings. The van der Waals surface area contributed by atoms with Crippen LogP contribution in [-0.4, -0.2) is 4.98 Å². The van der Waals surface area contributed by atoms with E-state index in [0.717, 1.165) is 111 Å². The molecule has 3 heterocycles. The summed E-state index contributed by atoms with van der Waals surface area (Å²) in [6.45, 7) is 0. The molecule has 434 valence electrons. The highest BCUT2D eigenvalue weighted by atomic mass is 16.3. The van der Waals surface area contributed by atoms with Gasteiger partial charge in [0.15, 0.2) is 0 Å². The van der Waals surface area contributed by atoms with E-state index in [2.05, 4.69) is 309 Å². The molecule has 0 saturated heterocycles. The summed E-state index contributed by atoms with van der Waals surface area (Å²) in [6, 6.07) is 114. The van der Waals surface area contributed by atoms with Crippen molar-refractivity contribution >= 4 is 43.9 Å². The average molecular weight is 1190 g/mol. The summed E-state index contributed by atoms with van der Waals surface area (Å²) < 4.78 is 14.4. The van der Waals surface area contributed by atoms with Crippen molar-refractivity contribution in [2.24, 2.45) is 0 Å². The van der Waals surface area contributed by atoms with Gasteiger partial charge in [-0.15, -0.1) is 0 Å². The number of nitrogens with zero attached hydrogens (tertiary/aromatic N) is 1. The van der Waals surface area contributed by atoms with Crippen LogP contribution in [0.4, 0.5) is 0 Å². The molecule has 0 aliphatic heterocycles. The van der Waals surface area contributed by atoms with E-state index in [4.69, 9.17) is 13.8 Å². The Bertz CT molecular complexity index is 5690. The van der Waals surface area contributed by atoms with Gasteiger partial charge in [-0.1, -0.05) is 279 Å². The van der Waals surface area contributed by atoms with Crippen molar-refractivity contribution in [2.75, 3.05) is 0 Å². The van der Waals surface area contributed by atoms with Gasteiger partial charge < -0.3 is 8.83 Å². The van der Waals surface area contributed by atoms with Gasteiger partial charge in [-0.3, -0.25) is 4.98 Å². The van der Waals surface area contributed by atoms with E-state index in [1.807, 2.05) is 12.4 Å². The average Bonchev–Trinajstić information content (AvgIpc) is 1.52. The second kappa shape index (κ2) is 19.2. The molecule has 3 nitrogen and oxygen atoms in total. The van der Waals surface area contributed by atoms with Gasteiger partial charge in [0.1, 0.15) is 22.3 Å². The van der Waals surface area contributed by atoms with E-state index >= 15 is 0 Å². The molecule has 2 spiro atoms. The number of pyridine rings is 1. The Morgan fingerprint density at radius 3 is 0.755 bits per heavy atom. The summed E-state index contributed by atoms with van der Waals surface area (Å²) in [5, 5.41) is 4.38. The minimum absolute atomic E-state index is 0.390. The molecule has 0 saturated carbocycles. The number of fused-ring (bicyclic) bond motifs is 26. The summed E-state index contributed by atoms with van der Waals surface area (Å²) in [4.78, 5) is 4.89. The third-order valence-corrected chi connectivity index (χ3v) is 21.4. The lowest BCUT2D eigenvalue weighted by molar-refractivity contribution is 0.670. The first-order valence-corrected chi connectivity index (χ1v) is 32.5. The minimum atomic E-state index is -0.390. The highest BCUT2D eigenvalue weighted by molar-refractivity contribution is 6.15. The zero-order valence-corrected chi connectivity index (χ0v) is 50.9. The fourth-order valence-corrected chi connectivity index (χ4v) is 17.6. The monoisotopic (exact) mass is 1190 g/mol. The van der Waals surface area contributed by atoms with Gasteiger partial charge in [-0.25, -0.2) is 0 Å². The van der Waals surface area contributed by atoms with E-state index in [1.54, 1.807) is 0 Å². The van der Waals surface area contributed by atoms with Crippen molar-refractivity contribution in [3.63, 3.8) is 0 Å². The number of hydrogen-bond acceptors (Lipinski definition) is 3. The molecule has 4 aliphatic rings. The van der Waals surface area contributed by atoms with Crippen LogP contribution in [0, 0.1) is 0 Å². The van der Waals surface area contributed by atoms with E-state index < -0.39 is 10.8 Å². The van der Waals surface area contributed by atoms with Crippen LogP contribution in [-0.2, 0) is 10.8 Å². The Hall–Kier alpha value is -12.2. The quantitative estimate of drug-likeness (QED) is 0.167. The van der Waals surface area contributed by atoms with Gasteiger partial charge in [-0.05, 0) is 153 Å². The van der Waals surface area contributed by atoms with Crippen molar-refractivity contribution in [2.45, 2.75) is 10.8 Å². The van der Waals surface area contributed by atoms with E-state index in [9.17, 15) is 0 Å². The Kier molecular flexibility index (Phi) is 10.5. The van der Waals surface area contributed by atoms with Crippen LogP contribution in [0.25, 0.3) is 155 Å². The van der Waals surface area contributed by atoms with Gasteiger partial charge in [0.25, 0.3) is 0 Å². The third kappa shape index (κ3) is 6.81. The van der Waals surface area contributed by atoms with Crippen molar-refractivity contribution in [1.82, 2.24) is 4.98 Å². The predicted octanol–water partition coefficient (Wildman–Crippen LogP) is 23.6. The first-order valence-electron chi connectivity index (χ1n) is 32.5. The standard InChI is InChI=1S/C91H53NO2/c1-7-37-78-66(23-1)67-24-2-8-38-79(67)90(78)82-41-11-5-27-70(82)76-50-58(43-45-84(76)90)64-31-17-35-74-72-33-15-29-62(86(72)93-88(64)74)56-21-13-19-54(47-56)60-49-61(53-92-52-60)55-20-14-22-57(48-55)63-30-16-34-73-75-36-18-32-65(89(75)94-87(63)73)59-44-46-85-77(51-59)71-28-6-12-42-83(71)91(85)80-39-9-3-25-68(80)69-26-4-10-40-81(69)91/h1-53H. The largest absolute Gasteiger partial charge is 0.455 e. The predicted molar refractivity (Wildman–Crippen MR) is 384 cm³/mol. The zero-order chi connectivity index (χ0) is 61.4. The maximum absolute atomic E-state index is 7.18. The lowest BCUT2D eigenvalue weighted by Crippen LogP contribution is -2.25. The number of furan rings is 2. The SMILES string of the molecule is c1cc(-c2cncc(-c3cccc(-c4cccc5c4oc4c(-c6ccc7c(c6)-c6ccccc6C76c7ccccc7-c7ccccc76)cccc45)c3)c2)cc(-c2cccc3c2oc2c(-c4ccc5c(c4)-c4ccccc4C54c5ccccc5-c5ccccc54)cccc23)c1. The number of para-hydroxylation sites is 4. The molecule has 0 N–H and O–H groups in total. The van der Waals surface area contributed by atoms with Crippen LogP contribution in [0.1, 0.15) is 44.5 Å². The number of rotatable bonds is 6. The Labute approximate surface area is 542 Å². The molecule has 0 atom stereocenters. The Balaban J connectivity index is 0.613. The van der Waals surface area contributed by atoms with Crippen molar-refractivity contribution in [3.05, 3.63) is 366 Å². The Morgan fingerprint density at radius 1 is 0.181 bits per heavy atom. The lowest BCUT2D eigenvalue weighted by Gasteiger charge is -2.30. The molecular weight excluding hydrogens is 1140 g/mol. The summed E-state index contributed by atoms with van der Waals surface area (Å²) in [7, 11) is 0. The molecular formula is C91H53NO2. The second-order valence-corrected chi connectivity index (χ2v) is 25.9. The summed E-state index contributed by atoms with van der Waals surface area (Å²) >= 11 is 0. The third-order valence-electron chi connectivity index (χ3n) is 21.4. The second-order valence-electron chi connectivity index (χ2n) is 25.9. The number of aromatic nitrogens is 1. The topological polar surface area (TPSA) is 39.2 Å². The molecule has 0 amide bonds. The van der Waals surface area contributed by atoms with Crippen LogP contribution >= 0.6 is 0 Å². The maximum Gasteiger partial charge on any atom is 0.143 e. The molecule has 0 bridgehead atoms. The molecule has 3 heteroatoms. The first kappa shape index (κ1) is 51.6.